The number of aromatic nitrogens is 3. The zero-order valence-corrected chi connectivity index (χ0v) is 42.4. The molecule has 3 aliphatic carbocycles. The van der Waals surface area contributed by atoms with Crippen LogP contribution in [0.1, 0.15) is 44.5 Å². The van der Waals surface area contributed by atoms with Crippen molar-refractivity contribution in [1.29, 1.82) is 0 Å². The molecular formula is C72H53N3. The number of hydrogen-bond acceptors (Lipinski definition) is 0. The van der Waals surface area contributed by atoms with Gasteiger partial charge in [0.05, 0.1) is 22.1 Å². The summed E-state index contributed by atoms with van der Waals surface area (Å²) in [5.41, 5.74) is 29.9. The van der Waals surface area contributed by atoms with Crippen LogP contribution in [0, 0.1) is 13.8 Å². The van der Waals surface area contributed by atoms with Crippen LogP contribution in [0.5, 0.6) is 0 Å². The number of benzene rings is 11. The maximum absolute atomic E-state index is 2.42. The molecule has 3 aromatic heterocycles. The number of aryl methyl sites for hydroxylation is 3. The predicted octanol–water partition coefficient (Wildman–Crippen LogP) is 18.2. The average molecular weight is 960 g/mol. The molecule has 17 rings (SSSR count). The molecule has 0 spiro atoms. The Morgan fingerprint density at radius 3 is 1.17 bits per heavy atom. The van der Waals surface area contributed by atoms with Gasteiger partial charge in [0, 0.05) is 61.8 Å². The second-order valence-corrected chi connectivity index (χ2v) is 20.9. The van der Waals surface area contributed by atoms with E-state index in [4.69, 9.17) is 0 Å². The molecule has 0 atom stereocenters. The Labute approximate surface area is 436 Å². The third-order valence-corrected chi connectivity index (χ3v) is 16.6. The van der Waals surface area contributed by atoms with Crippen LogP contribution < -0.4 is 0 Å². The molecule has 0 N–H and O–H groups in total. The van der Waals surface area contributed by atoms with E-state index >= 15 is 0 Å². The molecule has 0 aliphatic heterocycles. The summed E-state index contributed by atoms with van der Waals surface area (Å²) in [5.74, 6) is 0. The van der Waals surface area contributed by atoms with Gasteiger partial charge in [0.25, 0.3) is 0 Å². The third kappa shape index (κ3) is 6.67. The highest BCUT2D eigenvalue weighted by Gasteiger charge is 2.27. The van der Waals surface area contributed by atoms with E-state index in [1.54, 1.807) is 0 Å². The van der Waals surface area contributed by atoms with Crippen LogP contribution in [0.25, 0.3) is 110 Å². The van der Waals surface area contributed by atoms with Crippen LogP contribution in [0.2, 0.25) is 0 Å². The first kappa shape index (κ1) is 43.4. The van der Waals surface area contributed by atoms with Gasteiger partial charge in [0.2, 0.25) is 0 Å². The van der Waals surface area contributed by atoms with Gasteiger partial charge in [-0.25, -0.2) is 0 Å². The topological polar surface area (TPSA) is 14.8 Å². The van der Waals surface area contributed by atoms with E-state index in [-0.39, 0.29) is 0 Å². The zero-order valence-electron chi connectivity index (χ0n) is 42.4. The van der Waals surface area contributed by atoms with Gasteiger partial charge in [-0.3, -0.25) is 0 Å². The van der Waals surface area contributed by atoms with Crippen molar-refractivity contribution in [3.63, 3.8) is 0 Å². The lowest BCUT2D eigenvalue weighted by Gasteiger charge is -2.09. The first-order valence-corrected chi connectivity index (χ1v) is 26.4. The van der Waals surface area contributed by atoms with Gasteiger partial charge in [-0.1, -0.05) is 175 Å². The molecule has 356 valence electrons. The number of hydrogen-bond donors (Lipinski definition) is 0. The molecule has 3 heterocycles. The predicted molar refractivity (Wildman–Crippen MR) is 316 cm³/mol. The van der Waals surface area contributed by atoms with Gasteiger partial charge in [-0.2, -0.15) is 0 Å². The molecule has 3 aliphatic rings. The van der Waals surface area contributed by atoms with Crippen molar-refractivity contribution in [3.8, 4) is 44.8 Å². The summed E-state index contributed by atoms with van der Waals surface area (Å²) in [4.78, 5) is 0. The highest BCUT2D eigenvalue weighted by atomic mass is 15.0. The van der Waals surface area contributed by atoms with Crippen molar-refractivity contribution in [2.75, 3.05) is 0 Å². The number of para-hydroxylation sites is 3. The fourth-order valence-electron chi connectivity index (χ4n) is 13.3. The summed E-state index contributed by atoms with van der Waals surface area (Å²) in [6.45, 7) is 4.30. The molecule has 14 aromatic rings. The van der Waals surface area contributed by atoms with Crippen molar-refractivity contribution < 1.29 is 0 Å². The first-order valence-electron chi connectivity index (χ1n) is 26.4. The molecule has 3 heteroatoms. The van der Waals surface area contributed by atoms with E-state index in [9.17, 15) is 0 Å². The van der Waals surface area contributed by atoms with Gasteiger partial charge in [-0.05, 0) is 166 Å². The number of fused-ring (bicyclic) bond motifs is 21. The van der Waals surface area contributed by atoms with Crippen LogP contribution in [0.15, 0.2) is 231 Å². The Bertz CT molecular complexity index is 4650. The molecule has 0 radical (unpaired) electrons. The van der Waals surface area contributed by atoms with Crippen molar-refractivity contribution in [2.45, 2.75) is 33.1 Å². The molecular weight excluding hydrogens is 907 g/mol. The fraction of sp³-hybridized carbons (Fsp3) is 0.0833. The number of rotatable bonds is 2. The van der Waals surface area contributed by atoms with Crippen molar-refractivity contribution in [2.24, 2.45) is 7.05 Å². The monoisotopic (exact) mass is 959 g/mol. The summed E-state index contributed by atoms with van der Waals surface area (Å²) in [5, 5.41) is 8.21. The minimum absolute atomic E-state index is 1.03. The summed E-state index contributed by atoms with van der Waals surface area (Å²) in [6.07, 6.45) is 3.13. The summed E-state index contributed by atoms with van der Waals surface area (Å²) in [6, 6.07) is 84.3. The third-order valence-electron chi connectivity index (χ3n) is 16.6. The van der Waals surface area contributed by atoms with Gasteiger partial charge in [-0.15, -0.1) is 0 Å². The Hall–Kier alpha value is -9.18. The Morgan fingerprint density at radius 2 is 0.680 bits per heavy atom. The van der Waals surface area contributed by atoms with Gasteiger partial charge >= 0.3 is 0 Å². The Balaban J connectivity index is 0.0000000999. The van der Waals surface area contributed by atoms with Gasteiger partial charge < -0.3 is 13.7 Å². The quantitative estimate of drug-likeness (QED) is 0.164. The lowest BCUT2D eigenvalue weighted by Crippen LogP contribution is -1.94. The van der Waals surface area contributed by atoms with Crippen molar-refractivity contribution in [1.82, 2.24) is 13.7 Å². The second kappa shape index (κ2) is 16.9. The molecule has 0 saturated heterocycles. The van der Waals surface area contributed by atoms with E-state index in [0.717, 1.165) is 19.3 Å². The van der Waals surface area contributed by atoms with Crippen LogP contribution >= 0.6 is 0 Å². The Kier molecular flexibility index (Phi) is 9.81. The molecule has 0 amide bonds. The minimum atomic E-state index is 1.03. The van der Waals surface area contributed by atoms with Crippen LogP contribution in [-0.2, 0) is 26.3 Å². The number of nitrogens with zero attached hydrogens (tertiary/aromatic N) is 3. The molecule has 0 saturated carbocycles. The molecule has 11 aromatic carbocycles. The van der Waals surface area contributed by atoms with E-state index in [2.05, 4.69) is 265 Å². The van der Waals surface area contributed by atoms with Crippen LogP contribution in [0.4, 0.5) is 0 Å². The second-order valence-electron chi connectivity index (χ2n) is 20.9. The summed E-state index contributed by atoms with van der Waals surface area (Å²) < 4.78 is 7.14. The first-order chi connectivity index (χ1) is 37.0. The molecule has 0 bridgehead atoms. The van der Waals surface area contributed by atoms with E-state index < -0.39 is 0 Å². The maximum atomic E-state index is 2.42. The normalized spacial score (nSPS) is 12.6. The maximum Gasteiger partial charge on any atom is 0.0547 e. The standard InChI is InChI=1S/2C26H19N.C20H15N/c1-17-7-6-9-20(15-17)27-23-12-5-4-11-22(23)26-24(27)14-13-19-16-18-8-2-3-10-21(18)25(19)26;1-17-10-13-20(14-11-17)27-23-9-5-4-8-22(23)26-24(27)15-12-19-16-18-6-2-3-7-21(18)25(19)26;1-21-17-9-5-4-8-16(17)20-18(21)11-10-14-12-13-6-2-3-7-15(13)19(14)20/h2*2-15H,16H2,1H3;2-11H,12H2,1H3. The SMILES string of the molecule is Cc1ccc(-n2c3ccccc3c3c4c(ccc32)Cc2ccccc2-4)cc1.Cc1cccc(-n2c3ccccc3c3c4c(ccc32)Cc2ccccc2-4)c1.Cn1c2ccccc2c2c3c(ccc21)Cc1ccccc1-3. The van der Waals surface area contributed by atoms with E-state index in [0.29, 0.717) is 0 Å². The summed E-state index contributed by atoms with van der Waals surface area (Å²) in [7, 11) is 2.16. The molecule has 0 unspecified atom stereocenters. The Morgan fingerprint density at radius 1 is 0.280 bits per heavy atom. The largest absolute Gasteiger partial charge is 0.344 e. The lowest BCUT2D eigenvalue weighted by molar-refractivity contribution is 1.01. The molecule has 75 heavy (non-hydrogen) atoms. The highest BCUT2D eigenvalue weighted by molar-refractivity contribution is 6.19. The lowest BCUT2D eigenvalue weighted by atomic mass is 9.99. The molecule has 3 nitrogen and oxygen atoms in total. The highest BCUT2D eigenvalue weighted by Crippen LogP contribution is 2.48. The van der Waals surface area contributed by atoms with Crippen LogP contribution in [0.3, 0.4) is 0 Å². The van der Waals surface area contributed by atoms with E-state index in [1.165, 1.54) is 155 Å². The van der Waals surface area contributed by atoms with Crippen molar-refractivity contribution >= 4 is 65.4 Å². The molecule has 0 fully saturated rings. The summed E-state index contributed by atoms with van der Waals surface area (Å²) >= 11 is 0. The average Bonchev–Trinajstić information content (AvgIpc) is 4.35. The van der Waals surface area contributed by atoms with E-state index in [1.807, 2.05) is 0 Å². The smallest absolute Gasteiger partial charge is 0.0547 e. The van der Waals surface area contributed by atoms with Crippen molar-refractivity contribution in [3.05, 3.63) is 275 Å². The van der Waals surface area contributed by atoms with Gasteiger partial charge in [0.15, 0.2) is 0 Å². The fourth-order valence-corrected chi connectivity index (χ4v) is 13.3. The van der Waals surface area contributed by atoms with Gasteiger partial charge in [0.1, 0.15) is 0 Å². The zero-order chi connectivity index (χ0) is 49.9. The van der Waals surface area contributed by atoms with Crippen LogP contribution in [-0.4, -0.2) is 13.7 Å². The minimum Gasteiger partial charge on any atom is -0.344 e.